The fourth-order valence-electron chi connectivity index (χ4n) is 9.52. The normalized spacial score (nSPS) is 11.9. The van der Waals surface area contributed by atoms with Crippen LogP contribution < -0.4 is 0 Å². The molecule has 0 atom stereocenters. The van der Waals surface area contributed by atoms with Crippen molar-refractivity contribution >= 4 is 82.0 Å². The first-order valence-corrected chi connectivity index (χ1v) is 21.0. The van der Waals surface area contributed by atoms with Gasteiger partial charge < -0.3 is 4.57 Å². The lowest BCUT2D eigenvalue weighted by molar-refractivity contribution is 1.10. The molecule has 0 amide bonds. The molecule has 0 saturated carbocycles. The molecule has 13 rings (SSSR count). The topological polar surface area (TPSA) is 48.0 Å². The maximum Gasteiger partial charge on any atom is 0.238 e. The SMILES string of the molecule is c1ccc(-c2cc(-c3ccccc3)cc(-c3nc4nc(n3)n3c5ccccc5c5cc6c(cc53)c3cc(ccc3n6-c3ccccc3)c3cccc(c3)c3cccc4c3)c2)cc1. The van der Waals surface area contributed by atoms with E-state index in [1.165, 1.54) is 10.8 Å². The van der Waals surface area contributed by atoms with Crippen molar-refractivity contribution in [3.8, 4) is 39.3 Å². The monoisotopic (exact) mass is 789 g/mol. The van der Waals surface area contributed by atoms with Gasteiger partial charge in [0.2, 0.25) is 5.78 Å². The van der Waals surface area contributed by atoms with Gasteiger partial charge in [0.25, 0.3) is 0 Å². The first-order chi connectivity index (χ1) is 30.7. The van der Waals surface area contributed by atoms with Crippen molar-refractivity contribution in [1.82, 2.24) is 23.9 Å². The summed E-state index contributed by atoms with van der Waals surface area (Å²) in [6.07, 6.45) is 0. The third kappa shape index (κ3) is 5.45. The zero-order valence-electron chi connectivity index (χ0n) is 33.4. The highest BCUT2D eigenvalue weighted by atomic mass is 15.1. The second-order valence-electron chi connectivity index (χ2n) is 16.1. The molecule has 10 bridgehead atoms. The van der Waals surface area contributed by atoms with Gasteiger partial charge in [-0.05, 0) is 117 Å². The summed E-state index contributed by atoms with van der Waals surface area (Å²) in [5.41, 5.74) is 11.4. The van der Waals surface area contributed by atoms with Crippen molar-refractivity contribution in [3.63, 3.8) is 0 Å². The molecule has 4 heterocycles. The lowest BCUT2D eigenvalue weighted by Gasteiger charge is -2.11. The highest BCUT2D eigenvalue weighted by Gasteiger charge is 2.19. The van der Waals surface area contributed by atoms with Crippen molar-refractivity contribution in [2.75, 3.05) is 0 Å². The van der Waals surface area contributed by atoms with Crippen molar-refractivity contribution in [2.24, 2.45) is 0 Å². The summed E-state index contributed by atoms with van der Waals surface area (Å²) in [5, 5.41) is 10.1. The summed E-state index contributed by atoms with van der Waals surface area (Å²) in [6.45, 7) is 0. The minimum atomic E-state index is 0.564. The number of aromatic nitrogens is 5. The molecule has 0 N–H and O–H groups in total. The third-order valence-electron chi connectivity index (χ3n) is 12.5. The van der Waals surface area contributed by atoms with E-state index in [-0.39, 0.29) is 0 Å². The van der Waals surface area contributed by atoms with E-state index in [9.17, 15) is 0 Å². The zero-order chi connectivity index (χ0) is 40.7. The second-order valence-corrected chi connectivity index (χ2v) is 16.1. The molecule has 5 heteroatoms. The quantitative estimate of drug-likeness (QED) is 0.178. The number of nitrogens with zero attached hydrogens (tertiary/aromatic N) is 5. The van der Waals surface area contributed by atoms with Gasteiger partial charge in [-0.15, -0.1) is 0 Å². The van der Waals surface area contributed by atoms with Crippen LogP contribution in [0.2, 0.25) is 0 Å². The number of benzene rings is 9. The Kier molecular flexibility index (Phi) is 7.54. The van der Waals surface area contributed by atoms with Crippen molar-refractivity contribution < 1.29 is 0 Å². The average Bonchev–Trinajstić information content (AvgIpc) is 3.85. The van der Waals surface area contributed by atoms with E-state index in [4.69, 9.17) is 15.0 Å². The van der Waals surface area contributed by atoms with Crippen LogP contribution in [0.15, 0.2) is 212 Å². The number of para-hydroxylation sites is 2. The van der Waals surface area contributed by atoms with E-state index >= 15 is 0 Å². The second kappa shape index (κ2) is 13.6. The standard InChI is InChI=1S/C57H35N5/c1-4-14-36(15-5-1)43-30-44(37-16-6-2-7-17-37)32-45(31-43)56-58-55-42-21-13-20-40(29-42)38-18-12-19-39(28-38)41-26-27-52-48(33-41)50-35-54-49(34-53(50)61(52)46-22-8-3-9-23-46)47-24-10-11-25-51(47)62(54)57(59-55)60-56/h1-35H. The summed E-state index contributed by atoms with van der Waals surface area (Å²) in [7, 11) is 0. The molecule has 0 unspecified atom stereocenters. The van der Waals surface area contributed by atoms with Gasteiger partial charge in [-0.2, -0.15) is 9.97 Å². The van der Waals surface area contributed by atoms with Gasteiger partial charge in [0, 0.05) is 38.2 Å². The maximum atomic E-state index is 5.46. The van der Waals surface area contributed by atoms with Crippen molar-refractivity contribution in [3.05, 3.63) is 212 Å². The smallest absolute Gasteiger partial charge is 0.238 e. The molecule has 0 aliphatic rings. The molecule has 4 aromatic heterocycles. The molecule has 13 aromatic rings. The minimum absolute atomic E-state index is 0.564. The van der Waals surface area contributed by atoms with Crippen LogP contribution in [0.5, 0.6) is 0 Å². The molecule has 0 aliphatic carbocycles. The molecule has 5 nitrogen and oxygen atoms in total. The maximum absolute atomic E-state index is 5.46. The fraction of sp³-hybridized carbons (Fsp3) is 0. The van der Waals surface area contributed by atoms with Gasteiger partial charge in [0.1, 0.15) is 0 Å². The van der Waals surface area contributed by atoms with Gasteiger partial charge in [-0.1, -0.05) is 140 Å². The molecule has 0 aliphatic heterocycles. The molecule has 0 radical (unpaired) electrons. The highest BCUT2D eigenvalue weighted by molar-refractivity contribution is 6.20. The summed E-state index contributed by atoms with van der Waals surface area (Å²) in [4.78, 5) is 16.2. The molecule has 62 heavy (non-hydrogen) atoms. The molecule has 0 spiro atoms. The first kappa shape index (κ1) is 34.5. The van der Waals surface area contributed by atoms with Crippen LogP contribution >= 0.6 is 0 Å². The molecule has 288 valence electrons. The predicted molar refractivity (Wildman–Crippen MR) is 258 cm³/mol. The number of fused-ring (bicyclic) bond motifs is 14. The summed E-state index contributed by atoms with van der Waals surface area (Å²) < 4.78 is 4.64. The Balaban J connectivity index is 1.23. The van der Waals surface area contributed by atoms with Crippen LogP contribution in [0.25, 0.3) is 121 Å². The van der Waals surface area contributed by atoms with E-state index in [0.717, 1.165) is 93.3 Å². The van der Waals surface area contributed by atoms with Crippen LogP contribution in [0.1, 0.15) is 0 Å². The Hall–Kier alpha value is -8.41. The largest absolute Gasteiger partial charge is 0.309 e. The van der Waals surface area contributed by atoms with E-state index < -0.39 is 0 Å². The molecule has 0 saturated heterocycles. The highest BCUT2D eigenvalue weighted by Crippen LogP contribution is 2.40. The first-order valence-electron chi connectivity index (χ1n) is 21.0. The van der Waals surface area contributed by atoms with Gasteiger partial charge >= 0.3 is 0 Å². The molecular formula is C57H35N5. The zero-order valence-corrected chi connectivity index (χ0v) is 33.4. The summed E-state index contributed by atoms with van der Waals surface area (Å²) in [5.74, 6) is 1.17. The Morgan fingerprint density at radius 1 is 0.290 bits per heavy atom. The number of hydrogen-bond donors (Lipinski definition) is 0. The van der Waals surface area contributed by atoms with Gasteiger partial charge in [0.15, 0.2) is 11.5 Å². The Morgan fingerprint density at radius 3 is 1.55 bits per heavy atom. The predicted octanol–water partition coefficient (Wildman–Crippen LogP) is 14.6. The lowest BCUT2D eigenvalue weighted by Crippen LogP contribution is -1.99. The number of hydrogen-bond acceptors (Lipinski definition) is 3. The molecule has 0 fully saturated rings. The van der Waals surface area contributed by atoms with Crippen LogP contribution in [-0.4, -0.2) is 23.9 Å². The number of rotatable bonds is 4. The fourth-order valence-corrected chi connectivity index (χ4v) is 9.52. The van der Waals surface area contributed by atoms with Crippen LogP contribution in [0, 0.1) is 0 Å². The Bertz CT molecular complexity index is 3910. The van der Waals surface area contributed by atoms with Crippen LogP contribution in [-0.2, 0) is 0 Å². The van der Waals surface area contributed by atoms with Crippen molar-refractivity contribution in [1.29, 1.82) is 0 Å². The van der Waals surface area contributed by atoms with Gasteiger partial charge in [-0.25, -0.2) is 4.98 Å². The van der Waals surface area contributed by atoms with Crippen LogP contribution in [0.4, 0.5) is 0 Å². The van der Waals surface area contributed by atoms with E-state index in [2.05, 4.69) is 221 Å². The Labute approximate surface area is 356 Å². The lowest BCUT2D eigenvalue weighted by atomic mass is 9.96. The molecule has 9 aromatic carbocycles. The van der Waals surface area contributed by atoms with E-state index in [1.807, 2.05) is 0 Å². The molecular weight excluding hydrogens is 755 g/mol. The third-order valence-corrected chi connectivity index (χ3v) is 12.5. The summed E-state index contributed by atoms with van der Waals surface area (Å²) >= 11 is 0. The minimum Gasteiger partial charge on any atom is -0.309 e. The van der Waals surface area contributed by atoms with Crippen LogP contribution in [0.3, 0.4) is 0 Å². The Morgan fingerprint density at radius 2 is 0.839 bits per heavy atom. The van der Waals surface area contributed by atoms with Gasteiger partial charge in [-0.3, -0.25) is 4.40 Å². The summed E-state index contributed by atoms with van der Waals surface area (Å²) in [6, 6.07) is 76.1. The van der Waals surface area contributed by atoms with Crippen molar-refractivity contribution in [2.45, 2.75) is 0 Å². The van der Waals surface area contributed by atoms with Gasteiger partial charge in [0.05, 0.1) is 22.1 Å². The van der Waals surface area contributed by atoms with E-state index in [0.29, 0.717) is 17.2 Å². The van der Waals surface area contributed by atoms with E-state index in [1.54, 1.807) is 0 Å². The average molecular weight is 790 g/mol.